The van der Waals surface area contributed by atoms with Gasteiger partial charge in [0.2, 0.25) is 0 Å². The summed E-state index contributed by atoms with van der Waals surface area (Å²) in [5, 5.41) is 11.7. The highest BCUT2D eigenvalue weighted by molar-refractivity contribution is 6.17. The van der Waals surface area contributed by atoms with Gasteiger partial charge in [0.1, 0.15) is 6.21 Å². The number of aryl methyl sites for hydroxylation is 1. The van der Waals surface area contributed by atoms with Crippen molar-refractivity contribution in [1.29, 1.82) is 0 Å². The molecule has 17 heavy (non-hydrogen) atoms. The average molecular weight is 252 g/mol. The molecule has 0 fully saturated rings. The molecule has 0 aliphatic rings. The van der Waals surface area contributed by atoms with Crippen LogP contribution in [0, 0.1) is 0 Å². The van der Waals surface area contributed by atoms with Crippen molar-refractivity contribution < 1.29 is 5.21 Å². The van der Waals surface area contributed by atoms with Gasteiger partial charge in [-0.1, -0.05) is 17.3 Å². The minimum absolute atomic E-state index is 0.663. The Labute approximate surface area is 105 Å². The van der Waals surface area contributed by atoms with Gasteiger partial charge in [0.15, 0.2) is 5.82 Å². The number of halogens is 1. The number of para-hydroxylation sites is 2. The van der Waals surface area contributed by atoms with Gasteiger partial charge >= 0.3 is 0 Å². The fourth-order valence-electron chi connectivity index (χ4n) is 1.84. The smallest absolute Gasteiger partial charge is 0.155 e. The Morgan fingerprint density at radius 1 is 1.35 bits per heavy atom. The molecule has 1 aromatic heterocycles. The molecule has 0 aliphatic carbocycles. The summed E-state index contributed by atoms with van der Waals surface area (Å²) < 4.78 is 2.04. The molecule has 0 amide bonds. The molecule has 1 aromatic carbocycles. The van der Waals surface area contributed by atoms with E-state index >= 15 is 0 Å². The van der Waals surface area contributed by atoms with Gasteiger partial charge in [-0.15, -0.1) is 11.6 Å². The molecule has 90 valence electrons. The summed E-state index contributed by atoms with van der Waals surface area (Å²) in [5.74, 6) is 1.33. The van der Waals surface area contributed by atoms with Gasteiger partial charge in [0, 0.05) is 12.4 Å². The van der Waals surface area contributed by atoms with Crippen molar-refractivity contribution in [2.75, 3.05) is 5.88 Å². The van der Waals surface area contributed by atoms with Crippen LogP contribution < -0.4 is 0 Å². The first-order valence-electron chi connectivity index (χ1n) is 5.55. The third-order valence-electron chi connectivity index (χ3n) is 2.62. The molecule has 0 radical (unpaired) electrons. The van der Waals surface area contributed by atoms with Crippen molar-refractivity contribution in [3.05, 3.63) is 30.1 Å². The van der Waals surface area contributed by atoms with Crippen LogP contribution in [0.25, 0.3) is 11.0 Å². The fraction of sp³-hybridized carbons (Fsp3) is 0.333. The van der Waals surface area contributed by atoms with E-state index in [9.17, 15) is 0 Å². The van der Waals surface area contributed by atoms with Crippen LogP contribution in [0.3, 0.4) is 0 Å². The molecule has 2 aromatic rings. The Morgan fingerprint density at radius 3 is 2.94 bits per heavy atom. The van der Waals surface area contributed by atoms with Crippen molar-refractivity contribution >= 4 is 28.8 Å². The summed E-state index contributed by atoms with van der Waals surface area (Å²) >= 11 is 5.67. The van der Waals surface area contributed by atoms with Gasteiger partial charge in [0.25, 0.3) is 0 Å². The van der Waals surface area contributed by atoms with Crippen molar-refractivity contribution in [2.24, 2.45) is 5.16 Å². The quantitative estimate of drug-likeness (QED) is 0.292. The normalized spacial score (nSPS) is 11.6. The minimum atomic E-state index is 0.663. The van der Waals surface area contributed by atoms with Gasteiger partial charge in [-0.25, -0.2) is 4.98 Å². The number of aromatic nitrogens is 2. The molecule has 1 N–H and O–H groups in total. The van der Waals surface area contributed by atoms with Crippen LogP contribution in [0.5, 0.6) is 0 Å². The van der Waals surface area contributed by atoms with Gasteiger partial charge in [-0.2, -0.15) is 0 Å². The summed E-state index contributed by atoms with van der Waals surface area (Å²) in [7, 11) is 0. The number of imidazole rings is 1. The largest absolute Gasteiger partial charge is 0.411 e. The Hall–Kier alpha value is -1.55. The molecule has 0 unspecified atom stereocenters. The second-order valence-electron chi connectivity index (χ2n) is 3.75. The average Bonchev–Trinajstić information content (AvgIpc) is 2.69. The van der Waals surface area contributed by atoms with E-state index in [0.29, 0.717) is 11.7 Å². The third kappa shape index (κ3) is 2.58. The summed E-state index contributed by atoms with van der Waals surface area (Å²) in [5.41, 5.74) is 1.96. The standard InChI is InChI=1S/C12H14ClN3O/c13-7-3-4-8-16-11-6-2-1-5-10(11)15-12(16)9-14-17/h1-2,5-6,9,17H,3-4,7-8H2. The number of oxime groups is 1. The minimum Gasteiger partial charge on any atom is -0.411 e. The Kier molecular flexibility index (Phi) is 3.98. The second-order valence-corrected chi connectivity index (χ2v) is 4.13. The molecular formula is C12H14ClN3O. The lowest BCUT2D eigenvalue weighted by molar-refractivity contribution is 0.321. The summed E-state index contributed by atoms with van der Waals surface area (Å²) in [4.78, 5) is 4.40. The van der Waals surface area contributed by atoms with Crippen LogP contribution in [0.15, 0.2) is 29.4 Å². The number of nitrogens with zero attached hydrogens (tertiary/aromatic N) is 3. The number of fused-ring (bicyclic) bond motifs is 1. The lowest BCUT2D eigenvalue weighted by atomic mass is 10.3. The number of hydrogen-bond acceptors (Lipinski definition) is 3. The molecule has 5 heteroatoms. The van der Waals surface area contributed by atoms with E-state index in [2.05, 4.69) is 10.1 Å². The molecular weight excluding hydrogens is 238 g/mol. The monoisotopic (exact) mass is 251 g/mol. The predicted molar refractivity (Wildman–Crippen MR) is 69.1 cm³/mol. The predicted octanol–water partition coefficient (Wildman–Crippen LogP) is 2.86. The summed E-state index contributed by atoms with van der Waals surface area (Å²) in [6, 6.07) is 7.88. The van der Waals surface area contributed by atoms with Crippen LogP contribution in [0.2, 0.25) is 0 Å². The molecule has 0 aliphatic heterocycles. The Morgan fingerprint density at radius 2 is 2.18 bits per heavy atom. The molecule has 0 atom stereocenters. The highest BCUT2D eigenvalue weighted by Gasteiger charge is 2.07. The van der Waals surface area contributed by atoms with Crippen molar-refractivity contribution in [3.8, 4) is 0 Å². The second kappa shape index (κ2) is 5.68. The molecule has 0 spiro atoms. The zero-order chi connectivity index (χ0) is 12.1. The van der Waals surface area contributed by atoms with E-state index in [1.54, 1.807) is 0 Å². The van der Waals surface area contributed by atoms with Crippen molar-refractivity contribution in [1.82, 2.24) is 9.55 Å². The highest BCUT2D eigenvalue weighted by atomic mass is 35.5. The zero-order valence-corrected chi connectivity index (χ0v) is 10.1. The number of unbranched alkanes of at least 4 members (excludes halogenated alkanes) is 1. The van der Waals surface area contributed by atoms with E-state index in [1.807, 2.05) is 28.8 Å². The topological polar surface area (TPSA) is 50.4 Å². The Balaban J connectivity index is 2.37. The van der Waals surface area contributed by atoms with Crippen LogP contribution in [0.1, 0.15) is 18.7 Å². The van der Waals surface area contributed by atoms with Gasteiger partial charge in [-0.05, 0) is 25.0 Å². The molecule has 2 rings (SSSR count). The summed E-state index contributed by atoms with van der Waals surface area (Å²) in [6.45, 7) is 0.828. The first-order chi connectivity index (χ1) is 8.36. The third-order valence-corrected chi connectivity index (χ3v) is 2.89. The fourth-order valence-corrected chi connectivity index (χ4v) is 2.03. The van der Waals surface area contributed by atoms with Crippen molar-refractivity contribution in [2.45, 2.75) is 19.4 Å². The van der Waals surface area contributed by atoms with E-state index in [1.165, 1.54) is 6.21 Å². The molecule has 1 heterocycles. The molecule has 0 saturated carbocycles. The Bertz CT molecular complexity index is 521. The van der Waals surface area contributed by atoms with E-state index in [4.69, 9.17) is 16.8 Å². The van der Waals surface area contributed by atoms with E-state index in [-0.39, 0.29) is 0 Å². The lowest BCUT2D eigenvalue weighted by Gasteiger charge is -2.05. The van der Waals surface area contributed by atoms with Crippen LogP contribution in [-0.2, 0) is 6.54 Å². The maximum absolute atomic E-state index is 8.64. The number of alkyl halides is 1. The van der Waals surface area contributed by atoms with Gasteiger partial charge in [0.05, 0.1) is 11.0 Å². The molecule has 0 saturated heterocycles. The first-order valence-corrected chi connectivity index (χ1v) is 6.09. The van der Waals surface area contributed by atoms with Crippen LogP contribution >= 0.6 is 11.6 Å². The summed E-state index contributed by atoms with van der Waals surface area (Å²) in [6.07, 6.45) is 3.31. The van der Waals surface area contributed by atoms with E-state index < -0.39 is 0 Å². The lowest BCUT2D eigenvalue weighted by Crippen LogP contribution is -2.03. The number of rotatable bonds is 5. The van der Waals surface area contributed by atoms with Crippen molar-refractivity contribution in [3.63, 3.8) is 0 Å². The SMILES string of the molecule is ON=Cc1nc2ccccc2n1CCCCCl. The van der Waals surface area contributed by atoms with Gasteiger partial charge in [-0.3, -0.25) is 0 Å². The maximum atomic E-state index is 8.64. The van der Waals surface area contributed by atoms with E-state index in [0.717, 1.165) is 30.4 Å². The number of hydrogen-bond donors (Lipinski definition) is 1. The number of benzene rings is 1. The first kappa shape index (κ1) is 11.9. The molecule has 4 nitrogen and oxygen atoms in total. The zero-order valence-electron chi connectivity index (χ0n) is 9.38. The maximum Gasteiger partial charge on any atom is 0.155 e. The molecule has 0 bridgehead atoms. The highest BCUT2D eigenvalue weighted by Crippen LogP contribution is 2.16. The van der Waals surface area contributed by atoms with Crippen LogP contribution in [-0.4, -0.2) is 26.9 Å². The van der Waals surface area contributed by atoms with Crippen LogP contribution in [0.4, 0.5) is 0 Å². The van der Waals surface area contributed by atoms with Gasteiger partial charge < -0.3 is 9.77 Å².